The van der Waals surface area contributed by atoms with E-state index < -0.39 is 21.8 Å². The number of nitrogens with one attached hydrogen (secondary N) is 1. The van der Waals surface area contributed by atoms with Crippen molar-refractivity contribution in [1.82, 2.24) is 4.90 Å². The molecule has 8 nitrogen and oxygen atoms in total. The number of rotatable bonds is 4. The first-order chi connectivity index (χ1) is 15.8. The minimum absolute atomic E-state index is 0.0976. The highest BCUT2D eigenvalue weighted by Crippen LogP contribution is 2.32. The van der Waals surface area contributed by atoms with Crippen LogP contribution in [0.3, 0.4) is 0 Å². The van der Waals surface area contributed by atoms with E-state index in [0.29, 0.717) is 29.9 Å². The summed E-state index contributed by atoms with van der Waals surface area (Å²) in [7, 11) is -2.35. The topological polar surface area (TPSA) is 104 Å². The first kappa shape index (κ1) is 20.9. The lowest BCUT2D eigenvalue weighted by Crippen LogP contribution is -2.29. The molecule has 2 heterocycles. The molecule has 0 saturated heterocycles. The van der Waals surface area contributed by atoms with Crippen molar-refractivity contribution in [2.45, 2.75) is 11.3 Å². The van der Waals surface area contributed by atoms with Crippen LogP contribution in [-0.4, -0.2) is 44.6 Å². The average Bonchev–Trinajstić information content (AvgIpc) is 3.35. The van der Waals surface area contributed by atoms with Crippen LogP contribution < -0.4 is 9.62 Å². The third-order valence-corrected chi connectivity index (χ3v) is 7.72. The van der Waals surface area contributed by atoms with Gasteiger partial charge in [0.1, 0.15) is 0 Å². The molecule has 0 aliphatic carbocycles. The van der Waals surface area contributed by atoms with Gasteiger partial charge in [0.15, 0.2) is 0 Å². The van der Waals surface area contributed by atoms with Gasteiger partial charge in [-0.3, -0.25) is 23.6 Å². The van der Waals surface area contributed by atoms with Crippen molar-refractivity contribution in [2.24, 2.45) is 0 Å². The third kappa shape index (κ3) is 3.37. The lowest BCUT2D eigenvalue weighted by Gasteiger charge is -2.19. The monoisotopic (exact) mass is 461 g/mol. The average molecular weight is 461 g/mol. The van der Waals surface area contributed by atoms with Gasteiger partial charge in [-0.2, -0.15) is 0 Å². The minimum atomic E-state index is -3.75. The van der Waals surface area contributed by atoms with Crippen LogP contribution >= 0.6 is 0 Å². The van der Waals surface area contributed by atoms with E-state index in [2.05, 4.69) is 5.32 Å². The Labute approximate surface area is 190 Å². The summed E-state index contributed by atoms with van der Waals surface area (Å²) in [6.07, 6.45) is 0.653. The maximum absolute atomic E-state index is 13.1. The SMILES string of the molecule is CN1C(=O)c2ccc(NC(=O)c3ccc(S(=O)(=O)N4CCc5ccccc54)cc3)cc2C1=O. The Kier molecular flexibility index (Phi) is 4.79. The molecule has 0 bridgehead atoms. The molecule has 0 atom stereocenters. The normalized spacial score (nSPS) is 14.9. The fraction of sp³-hybridized carbons (Fsp3) is 0.125. The third-order valence-electron chi connectivity index (χ3n) is 5.90. The highest BCUT2D eigenvalue weighted by molar-refractivity contribution is 7.92. The molecule has 0 saturated carbocycles. The number of nitrogens with zero attached hydrogens (tertiary/aromatic N) is 2. The number of fused-ring (bicyclic) bond motifs is 2. The molecule has 33 heavy (non-hydrogen) atoms. The predicted octanol–water partition coefficient (Wildman–Crippen LogP) is 2.92. The molecular weight excluding hydrogens is 442 g/mol. The summed E-state index contributed by atoms with van der Waals surface area (Å²) in [5, 5.41) is 2.68. The summed E-state index contributed by atoms with van der Waals surface area (Å²) < 4.78 is 27.6. The van der Waals surface area contributed by atoms with Gasteiger partial charge in [-0.05, 0) is 60.5 Å². The molecular formula is C24H19N3O5S. The second-order valence-corrected chi connectivity index (χ2v) is 9.73. The first-order valence-electron chi connectivity index (χ1n) is 10.3. The number of amides is 3. The fourth-order valence-corrected chi connectivity index (χ4v) is 5.61. The number of para-hydroxylation sites is 1. The van der Waals surface area contributed by atoms with Crippen molar-refractivity contribution >= 4 is 39.1 Å². The molecule has 1 N–H and O–H groups in total. The van der Waals surface area contributed by atoms with E-state index in [1.165, 1.54) is 47.8 Å². The van der Waals surface area contributed by atoms with Crippen molar-refractivity contribution < 1.29 is 22.8 Å². The Morgan fingerprint density at radius 2 is 1.61 bits per heavy atom. The molecule has 2 aliphatic heterocycles. The maximum atomic E-state index is 13.1. The molecule has 3 aromatic carbocycles. The molecule has 0 fully saturated rings. The Balaban J connectivity index is 1.35. The summed E-state index contributed by atoms with van der Waals surface area (Å²) in [6.45, 7) is 0.374. The largest absolute Gasteiger partial charge is 0.322 e. The molecule has 5 rings (SSSR count). The summed E-state index contributed by atoms with van der Waals surface area (Å²) >= 11 is 0. The van der Waals surface area contributed by atoms with Gasteiger partial charge in [0.25, 0.3) is 27.7 Å². The molecule has 0 aromatic heterocycles. The van der Waals surface area contributed by atoms with Gasteiger partial charge in [0, 0.05) is 24.8 Å². The number of carbonyl (C=O) groups excluding carboxylic acids is 3. The van der Waals surface area contributed by atoms with Crippen molar-refractivity contribution in [3.05, 3.63) is 89.0 Å². The predicted molar refractivity (Wildman–Crippen MR) is 122 cm³/mol. The van der Waals surface area contributed by atoms with E-state index in [9.17, 15) is 22.8 Å². The number of carbonyl (C=O) groups is 3. The Morgan fingerprint density at radius 3 is 2.36 bits per heavy atom. The lowest BCUT2D eigenvalue weighted by atomic mass is 10.1. The van der Waals surface area contributed by atoms with Gasteiger partial charge in [-0.1, -0.05) is 18.2 Å². The van der Waals surface area contributed by atoms with Crippen molar-refractivity contribution in [3.63, 3.8) is 0 Å². The molecule has 0 unspecified atom stereocenters. The van der Waals surface area contributed by atoms with Crippen molar-refractivity contribution in [3.8, 4) is 0 Å². The van der Waals surface area contributed by atoms with Crippen LogP contribution in [-0.2, 0) is 16.4 Å². The standard InChI is InChI=1S/C24H19N3O5S/c1-26-23(29)19-11-8-17(14-20(19)24(26)30)25-22(28)16-6-9-18(10-7-16)33(31,32)27-13-12-15-4-2-3-5-21(15)27/h2-11,14H,12-13H2,1H3,(H,25,28). The van der Waals surface area contributed by atoms with E-state index in [1.807, 2.05) is 12.1 Å². The van der Waals surface area contributed by atoms with Crippen LogP contribution in [0.5, 0.6) is 0 Å². The zero-order valence-electron chi connectivity index (χ0n) is 17.6. The summed E-state index contributed by atoms with van der Waals surface area (Å²) in [5.41, 5.74) is 2.80. The van der Waals surface area contributed by atoms with Crippen LogP contribution in [0.25, 0.3) is 0 Å². The highest BCUT2D eigenvalue weighted by atomic mass is 32.2. The Morgan fingerprint density at radius 1 is 0.909 bits per heavy atom. The molecule has 2 aliphatic rings. The van der Waals surface area contributed by atoms with Gasteiger partial charge in [-0.15, -0.1) is 0 Å². The number of hydrogen-bond acceptors (Lipinski definition) is 5. The second kappa shape index (κ2) is 7.56. The smallest absolute Gasteiger partial charge is 0.264 e. The zero-order chi connectivity index (χ0) is 23.3. The molecule has 166 valence electrons. The van der Waals surface area contributed by atoms with Crippen LogP contribution in [0, 0.1) is 0 Å². The van der Waals surface area contributed by atoms with E-state index >= 15 is 0 Å². The number of imide groups is 1. The fourth-order valence-electron chi connectivity index (χ4n) is 4.11. The van der Waals surface area contributed by atoms with Gasteiger partial charge in [0.2, 0.25) is 0 Å². The van der Waals surface area contributed by atoms with Gasteiger partial charge in [-0.25, -0.2) is 8.42 Å². The number of sulfonamides is 1. The molecule has 9 heteroatoms. The van der Waals surface area contributed by atoms with E-state index in [0.717, 1.165) is 10.5 Å². The summed E-state index contributed by atoms with van der Waals surface area (Å²) in [5.74, 6) is -1.27. The Hall–Kier alpha value is -3.98. The van der Waals surface area contributed by atoms with E-state index in [4.69, 9.17) is 0 Å². The highest BCUT2D eigenvalue weighted by Gasteiger charge is 2.33. The van der Waals surface area contributed by atoms with Crippen LogP contribution in [0.4, 0.5) is 11.4 Å². The summed E-state index contributed by atoms with van der Waals surface area (Å²) in [6, 6.07) is 17.6. The van der Waals surface area contributed by atoms with Crippen LogP contribution in [0.1, 0.15) is 36.6 Å². The van der Waals surface area contributed by atoms with Crippen LogP contribution in [0.2, 0.25) is 0 Å². The van der Waals surface area contributed by atoms with Gasteiger partial charge in [0.05, 0.1) is 21.7 Å². The lowest BCUT2D eigenvalue weighted by molar-refractivity contribution is 0.0692. The first-order valence-corrected chi connectivity index (χ1v) is 11.7. The zero-order valence-corrected chi connectivity index (χ0v) is 18.4. The number of hydrogen-bond donors (Lipinski definition) is 1. The van der Waals surface area contributed by atoms with Gasteiger partial charge < -0.3 is 5.32 Å². The molecule has 3 aromatic rings. The second-order valence-electron chi connectivity index (χ2n) is 7.86. The van der Waals surface area contributed by atoms with Crippen LogP contribution in [0.15, 0.2) is 71.6 Å². The molecule has 3 amide bonds. The van der Waals surface area contributed by atoms with Crippen molar-refractivity contribution in [2.75, 3.05) is 23.2 Å². The van der Waals surface area contributed by atoms with Gasteiger partial charge >= 0.3 is 0 Å². The minimum Gasteiger partial charge on any atom is -0.322 e. The van der Waals surface area contributed by atoms with Crippen molar-refractivity contribution in [1.29, 1.82) is 0 Å². The Bertz CT molecular complexity index is 1430. The summed E-state index contributed by atoms with van der Waals surface area (Å²) in [4.78, 5) is 38.0. The molecule has 0 radical (unpaired) electrons. The number of anilines is 2. The number of benzene rings is 3. The van der Waals surface area contributed by atoms with E-state index in [1.54, 1.807) is 18.2 Å². The quantitative estimate of drug-likeness (QED) is 0.602. The van der Waals surface area contributed by atoms with E-state index in [-0.39, 0.29) is 21.9 Å². The molecule has 0 spiro atoms. The maximum Gasteiger partial charge on any atom is 0.264 e.